The van der Waals surface area contributed by atoms with Crippen molar-refractivity contribution < 1.29 is 22.4 Å². The maximum atomic E-state index is 14.2. The highest BCUT2D eigenvalue weighted by molar-refractivity contribution is 5.97. The van der Waals surface area contributed by atoms with Crippen molar-refractivity contribution in [2.75, 3.05) is 0 Å². The molecule has 10 heteroatoms. The molecule has 32 heavy (non-hydrogen) atoms. The summed E-state index contributed by atoms with van der Waals surface area (Å²) in [7, 11) is 0. The predicted octanol–water partition coefficient (Wildman–Crippen LogP) is 3.69. The number of fused-ring (bicyclic) bond motifs is 1. The van der Waals surface area contributed by atoms with Crippen molar-refractivity contribution in [3.63, 3.8) is 0 Å². The molecule has 0 bridgehead atoms. The molecule has 2 N–H and O–H groups in total. The van der Waals surface area contributed by atoms with Crippen molar-refractivity contribution in [3.05, 3.63) is 88.3 Å². The average Bonchev–Trinajstić information content (AvgIpc) is 3.43. The first-order chi connectivity index (χ1) is 15.5. The van der Waals surface area contributed by atoms with E-state index < -0.39 is 23.6 Å². The van der Waals surface area contributed by atoms with Crippen LogP contribution in [0.15, 0.2) is 46.9 Å². The molecule has 0 saturated carbocycles. The topological polar surface area (TPSA) is 96.7 Å². The number of aryl methyl sites for hydroxylation is 2. The number of nitrogens with zero attached hydrogens (tertiary/aromatic N) is 3. The van der Waals surface area contributed by atoms with Gasteiger partial charge in [-0.2, -0.15) is 5.10 Å². The van der Waals surface area contributed by atoms with Crippen LogP contribution in [0, 0.1) is 17.5 Å². The summed E-state index contributed by atoms with van der Waals surface area (Å²) in [6.45, 7) is 0. The summed E-state index contributed by atoms with van der Waals surface area (Å²) in [5.41, 5.74) is 2.10. The van der Waals surface area contributed by atoms with Crippen molar-refractivity contribution in [3.8, 4) is 11.5 Å². The molecule has 0 spiro atoms. The minimum Gasteiger partial charge on any atom is -0.421 e. The largest absolute Gasteiger partial charge is 0.421 e. The van der Waals surface area contributed by atoms with Crippen LogP contribution in [-0.2, 0) is 19.3 Å². The predicted molar refractivity (Wildman–Crippen MR) is 106 cm³/mol. The maximum absolute atomic E-state index is 14.2. The molecular formula is C22H16F3N5O2. The van der Waals surface area contributed by atoms with E-state index in [9.17, 15) is 18.0 Å². The van der Waals surface area contributed by atoms with Crippen molar-refractivity contribution in [1.82, 2.24) is 25.7 Å². The third-order valence-corrected chi connectivity index (χ3v) is 5.29. The Labute approximate surface area is 179 Å². The van der Waals surface area contributed by atoms with Crippen LogP contribution in [0.2, 0.25) is 0 Å². The number of H-pyrrole nitrogens is 1. The molecule has 5 rings (SSSR count). The van der Waals surface area contributed by atoms with Gasteiger partial charge in [-0.1, -0.05) is 0 Å². The van der Waals surface area contributed by atoms with Gasteiger partial charge in [-0.25, -0.2) is 13.2 Å². The number of amides is 1. The van der Waals surface area contributed by atoms with Crippen molar-refractivity contribution in [2.45, 2.75) is 25.3 Å². The fourth-order valence-electron chi connectivity index (χ4n) is 3.67. The molecular weight excluding hydrogens is 423 g/mol. The summed E-state index contributed by atoms with van der Waals surface area (Å²) in [6, 6.07) is 8.79. The molecule has 3 heterocycles. The third kappa shape index (κ3) is 3.86. The Kier molecular flexibility index (Phi) is 4.96. The molecule has 2 aromatic carbocycles. The lowest BCUT2D eigenvalue weighted by Crippen LogP contribution is -2.36. The van der Waals surface area contributed by atoms with Gasteiger partial charge < -0.3 is 9.73 Å². The van der Waals surface area contributed by atoms with Crippen molar-refractivity contribution in [1.29, 1.82) is 0 Å². The summed E-state index contributed by atoms with van der Waals surface area (Å²) >= 11 is 0. The number of hydrogen-bond acceptors (Lipinski definition) is 5. The SMILES string of the molecule is O=C1NC(c2cc(CCc3nnc(-c4ccc(F)cc4)o3)[nH]n2)Cc2c(F)cc(F)cc21. The number of nitrogens with one attached hydrogen (secondary N) is 2. The van der Waals surface area contributed by atoms with Gasteiger partial charge in [0.15, 0.2) is 0 Å². The second-order valence-corrected chi connectivity index (χ2v) is 7.47. The highest BCUT2D eigenvalue weighted by Gasteiger charge is 2.29. The molecule has 1 amide bonds. The highest BCUT2D eigenvalue weighted by atomic mass is 19.1. The third-order valence-electron chi connectivity index (χ3n) is 5.29. The van der Waals surface area contributed by atoms with Crippen molar-refractivity contribution >= 4 is 5.91 Å². The van der Waals surface area contributed by atoms with E-state index in [-0.39, 0.29) is 23.4 Å². The first-order valence-corrected chi connectivity index (χ1v) is 9.87. The molecule has 1 unspecified atom stereocenters. The Bertz CT molecular complexity index is 1300. The Morgan fingerprint density at radius 3 is 2.62 bits per heavy atom. The van der Waals surface area contributed by atoms with Gasteiger partial charge in [-0.05, 0) is 42.8 Å². The number of rotatable bonds is 5. The molecule has 1 aliphatic rings. The Morgan fingerprint density at radius 2 is 1.81 bits per heavy atom. The average molecular weight is 439 g/mol. The Balaban J connectivity index is 1.26. The van der Waals surface area contributed by atoms with Crippen LogP contribution in [-0.4, -0.2) is 26.3 Å². The zero-order valence-corrected chi connectivity index (χ0v) is 16.5. The lowest BCUT2D eigenvalue weighted by Gasteiger charge is -2.24. The fraction of sp³-hybridized carbons (Fsp3) is 0.182. The molecule has 1 atom stereocenters. The molecule has 1 aliphatic heterocycles. The summed E-state index contributed by atoms with van der Waals surface area (Å²) in [4.78, 5) is 12.3. The maximum Gasteiger partial charge on any atom is 0.252 e. The summed E-state index contributed by atoms with van der Waals surface area (Å²) in [5.74, 6) is -1.73. The van der Waals surface area contributed by atoms with Crippen LogP contribution < -0.4 is 5.32 Å². The van der Waals surface area contributed by atoms with Crippen LogP contribution in [0.4, 0.5) is 13.2 Å². The Hall–Kier alpha value is -3.95. The van der Waals surface area contributed by atoms with Gasteiger partial charge in [0.25, 0.3) is 5.91 Å². The second-order valence-electron chi connectivity index (χ2n) is 7.47. The molecule has 4 aromatic rings. The minimum absolute atomic E-state index is 0.00265. The lowest BCUT2D eigenvalue weighted by molar-refractivity contribution is 0.0922. The molecule has 0 saturated heterocycles. The van der Waals surface area contributed by atoms with E-state index in [1.165, 1.54) is 12.1 Å². The van der Waals surface area contributed by atoms with Crippen LogP contribution in [0.3, 0.4) is 0 Å². The van der Waals surface area contributed by atoms with Crippen molar-refractivity contribution in [2.24, 2.45) is 0 Å². The van der Waals surface area contributed by atoms with Gasteiger partial charge in [-0.3, -0.25) is 9.89 Å². The highest BCUT2D eigenvalue weighted by Crippen LogP contribution is 2.28. The molecule has 7 nitrogen and oxygen atoms in total. The number of benzene rings is 2. The number of carbonyl (C=O) groups excluding carboxylic acids is 1. The first-order valence-electron chi connectivity index (χ1n) is 9.87. The van der Waals surface area contributed by atoms with E-state index in [4.69, 9.17) is 4.42 Å². The second kappa shape index (κ2) is 7.95. The van der Waals surface area contributed by atoms with Crippen LogP contribution >= 0.6 is 0 Å². The van der Waals surface area contributed by atoms with Crippen LogP contribution in [0.25, 0.3) is 11.5 Å². The summed E-state index contributed by atoms with van der Waals surface area (Å²) < 4.78 is 46.3. The monoisotopic (exact) mass is 439 g/mol. The van der Waals surface area contributed by atoms with E-state index in [1.54, 1.807) is 18.2 Å². The smallest absolute Gasteiger partial charge is 0.252 e. The van der Waals surface area contributed by atoms with Gasteiger partial charge in [-0.15, -0.1) is 10.2 Å². The fourth-order valence-corrected chi connectivity index (χ4v) is 3.67. The molecule has 162 valence electrons. The van der Waals surface area contributed by atoms with Gasteiger partial charge in [0.05, 0.1) is 11.7 Å². The number of carbonyl (C=O) groups is 1. The normalized spacial score (nSPS) is 15.5. The number of aromatic nitrogens is 4. The standard InChI is InChI=1S/C22H16F3N5O2/c23-12-3-1-11(2-4-12)22-30-29-20(32-22)6-5-14-9-19(28-27-14)18-10-15-16(21(31)26-18)7-13(24)8-17(15)25/h1-4,7-9,18H,5-6,10H2,(H,26,31)(H,27,28). The van der Waals surface area contributed by atoms with E-state index in [2.05, 4.69) is 25.7 Å². The zero-order chi connectivity index (χ0) is 22.2. The number of aromatic amines is 1. The molecule has 2 aromatic heterocycles. The van der Waals surface area contributed by atoms with Gasteiger partial charge in [0, 0.05) is 41.3 Å². The summed E-state index contributed by atoms with van der Waals surface area (Å²) in [6.07, 6.45) is 1.11. The van der Waals surface area contributed by atoms with E-state index in [0.717, 1.165) is 17.8 Å². The van der Waals surface area contributed by atoms with Gasteiger partial charge in [0.1, 0.15) is 17.5 Å². The van der Waals surface area contributed by atoms with Crippen LogP contribution in [0.1, 0.15) is 39.2 Å². The number of halogens is 3. The lowest BCUT2D eigenvalue weighted by atomic mass is 9.93. The van der Waals surface area contributed by atoms with E-state index in [1.807, 2.05) is 0 Å². The van der Waals surface area contributed by atoms with Crippen LogP contribution in [0.5, 0.6) is 0 Å². The molecule has 0 fully saturated rings. The molecule has 0 radical (unpaired) electrons. The van der Waals surface area contributed by atoms with Gasteiger partial charge in [0.2, 0.25) is 11.8 Å². The van der Waals surface area contributed by atoms with Gasteiger partial charge >= 0.3 is 0 Å². The minimum atomic E-state index is -0.791. The van der Waals surface area contributed by atoms with E-state index in [0.29, 0.717) is 35.9 Å². The molecule has 0 aliphatic carbocycles. The number of hydrogen-bond donors (Lipinski definition) is 2. The summed E-state index contributed by atoms with van der Waals surface area (Å²) in [5, 5.41) is 17.8. The Morgan fingerprint density at radius 1 is 1.00 bits per heavy atom. The van der Waals surface area contributed by atoms with E-state index >= 15 is 0 Å². The zero-order valence-electron chi connectivity index (χ0n) is 16.5. The first kappa shape index (κ1) is 20.0. The quantitative estimate of drug-likeness (QED) is 0.495.